The van der Waals surface area contributed by atoms with E-state index >= 15 is 0 Å². The summed E-state index contributed by atoms with van der Waals surface area (Å²) in [6.07, 6.45) is 3.02. The number of aromatic nitrogens is 1. The molecule has 2 N–H and O–H groups in total. The number of hydrogen-bond acceptors (Lipinski definition) is 6. The Balaban J connectivity index is 1.22. The molecule has 0 saturated carbocycles. The molecule has 0 bridgehead atoms. The van der Waals surface area contributed by atoms with E-state index in [0.717, 1.165) is 37.1 Å². The van der Waals surface area contributed by atoms with Crippen LogP contribution in [0.5, 0.6) is 0 Å². The molecular weight excluding hydrogens is 468 g/mol. The van der Waals surface area contributed by atoms with Gasteiger partial charge < -0.3 is 15.5 Å². The Hall–Kier alpha value is -3.04. The van der Waals surface area contributed by atoms with Crippen molar-refractivity contribution in [3.8, 4) is 11.3 Å². The van der Waals surface area contributed by atoms with Crippen LogP contribution in [0.4, 0.5) is 5.13 Å². The van der Waals surface area contributed by atoms with Gasteiger partial charge in [0.25, 0.3) is 0 Å². The molecule has 3 aromatic rings. The first-order chi connectivity index (χ1) is 16.5. The Bertz CT molecular complexity index is 1150. The number of amides is 3. The van der Waals surface area contributed by atoms with Crippen LogP contribution in [0.1, 0.15) is 42.2 Å². The van der Waals surface area contributed by atoms with Gasteiger partial charge in [0.05, 0.1) is 5.69 Å². The molecule has 34 heavy (non-hydrogen) atoms. The monoisotopic (exact) mass is 496 g/mol. The molecule has 9 heteroatoms. The van der Waals surface area contributed by atoms with Gasteiger partial charge >= 0.3 is 0 Å². The van der Waals surface area contributed by atoms with Crippen molar-refractivity contribution in [2.45, 2.75) is 45.6 Å². The summed E-state index contributed by atoms with van der Waals surface area (Å²) in [4.78, 5) is 43.6. The molecule has 7 nitrogen and oxygen atoms in total. The number of rotatable bonds is 9. The lowest BCUT2D eigenvalue weighted by Gasteiger charge is -2.27. The van der Waals surface area contributed by atoms with E-state index in [1.165, 1.54) is 34.3 Å². The summed E-state index contributed by atoms with van der Waals surface area (Å²) in [5.41, 5.74) is 4.21. The number of hydrogen-bond donors (Lipinski definition) is 2. The fraction of sp³-hybridized carbons (Fsp3) is 0.360. The van der Waals surface area contributed by atoms with Crippen molar-refractivity contribution >= 4 is 45.5 Å². The predicted molar refractivity (Wildman–Crippen MR) is 136 cm³/mol. The number of benzene rings is 1. The van der Waals surface area contributed by atoms with Crippen molar-refractivity contribution in [2.75, 3.05) is 18.4 Å². The molecule has 178 valence electrons. The molecule has 0 radical (unpaired) electrons. The number of nitrogens with zero attached hydrogens (tertiary/aromatic N) is 2. The molecule has 1 aliphatic heterocycles. The standard InChI is InChI=1S/C25H28N4O3S2/c1-17(30)26-12-2-3-18-4-6-19(7-5-18)21-16-34-25(27-21)28-23(31)8-9-24(32)29-13-10-22-20(15-29)11-14-33-22/h4-7,11,14,16H,2-3,8-10,12-13,15H2,1H3,(H,26,30)(H,27,28,31). The smallest absolute Gasteiger partial charge is 0.226 e. The summed E-state index contributed by atoms with van der Waals surface area (Å²) in [5, 5.41) is 10.1. The molecule has 0 saturated heterocycles. The molecule has 0 unspecified atom stereocenters. The van der Waals surface area contributed by atoms with Gasteiger partial charge in [-0.25, -0.2) is 4.98 Å². The summed E-state index contributed by atoms with van der Waals surface area (Å²) < 4.78 is 0. The van der Waals surface area contributed by atoms with Crippen LogP contribution in [0.2, 0.25) is 0 Å². The Labute approximate surface area is 207 Å². The van der Waals surface area contributed by atoms with E-state index in [2.05, 4.69) is 39.2 Å². The Morgan fingerprint density at radius 1 is 1.09 bits per heavy atom. The molecule has 3 heterocycles. The highest BCUT2D eigenvalue weighted by molar-refractivity contribution is 7.14. The number of thiazole rings is 1. The number of fused-ring (bicyclic) bond motifs is 1. The van der Waals surface area contributed by atoms with Crippen molar-refractivity contribution in [2.24, 2.45) is 0 Å². The van der Waals surface area contributed by atoms with Gasteiger partial charge in [-0.3, -0.25) is 14.4 Å². The van der Waals surface area contributed by atoms with E-state index in [1.54, 1.807) is 11.3 Å². The molecular formula is C25H28N4O3S2. The van der Waals surface area contributed by atoms with Crippen LogP contribution in [-0.4, -0.2) is 40.7 Å². The largest absolute Gasteiger partial charge is 0.356 e. The molecule has 4 rings (SSSR count). The normalized spacial score (nSPS) is 12.8. The van der Waals surface area contributed by atoms with E-state index in [9.17, 15) is 14.4 Å². The zero-order valence-electron chi connectivity index (χ0n) is 19.1. The third kappa shape index (κ3) is 6.51. The zero-order chi connectivity index (χ0) is 23.9. The lowest BCUT2D eigenvalue weighted by molar-refractivity contribution is -0.133. The fourth-order valence-electron chi connectivity index (χ4n) is 3.88. The second kappa shape index (κ2) is 11.4. The minimum absolute atomic E-state index is 0.00687. The maximum atomic E-state index is 12.5. The van der Waals surface area contributed by atoms with Gasteiger partial charge in [0, 0.05) is 55.2 Å². The van der Waals surface area contributed by atoms with E-state index in [4.69, 9.17) is 0 Å². The van der Waals surface area contributed by atoms with E-state index in [-0.39, 0.29) is 30.6 Å². The Kier molecular flexibility index (Phi) is 8.08. The highest BCUT2D eigenvalue weighted by Crippen LogP contribution is 2.26. The van der Waals surface area contributed by atoms with Gasteiger partial charge in [0.15, 0.2) is 5.13 Å². The molecule has 0 aliphatic carbocycles. The zero-order valence-corrected chi connectivity index (χ0v) is 20.8. The molecule has 2 aromatic heterocycles. The average Bonchev–Trinajstić information content (AvgIpc) is 3.49. The van der Waals surface area contributed by atoms with Crippen molar-refractivity contribution in [3.63, 3.8) is 0 Å². The van der Waals surface area contributed by atoms with Crippen LogP contribution < -0.4 is 10.6 Å². The number of nitrogens with one attached hydrogen (secondary N) is 2. The van der Waals surface area contributed by atoms with Gasteiger partial charge in [0.1, 0.15) is 0 Å². The summed E-state index contributed by atoms with van der Waals surface area (Å²) in [5.74, 6) is -0.187. The molecule has 0 spiro atoms. The minimum Gasteiger partial charge on any atom is -0.356 e. The number of aryl methyl sites for hydroxylation is 1. The summed E-state index contributed by atoms with van der Waals surface area (Å²) >= 11 is 3.12. The van der Waals surface area contributed by atoms with Gasteiger partial charge in [-0.1, -0.05) is 24.3 Å². The lowest BCUT2D eigenvalue weighted by atomic mass is 10.1. The fourth-order valence-corrected chi connectivity index (χ4v) is 5.51. The van der Waals surface area contributed by atoms with Crippen LogP contribution in [0.3, 0.4) is 0 Å². The second-order valence-electron chi connectivity index (χ2n) is 8.30. The van der Waals surface area contributed by atoms with Gasteiger partial charge in [-0.15, -0.1) is 22.7 Å². The topological polar surface area (TPSA) is 91.4 Å². The van der Waals surface area contributed by atoms with Gasteiger partial charge in [-0.05, 0) is 41.8 Å². The average molecular weight is 497 g/mol. The lowest BCUT2D eigenvalue weighted by Crippen LogP contribution is -2.35. The number of anilines is 1. The highest BCUT2D eigenvalue weighted by atomic mass is 32.1. The first-order valence-electron chi connectivity index (χ1n) is 11.4. The van der Waals surface area contributed by atoms with E-state index < -0.39 is 0 Å². The van der Waals surface area contributed by atoms with Crippen LogP contribution in [0.15, 0.2) is 41.1 Å². The molecule has 1 aromatic carbocycles. The Morgan fingerprint density at radius 3 is 2.71 bits per heavy atom. The van der Waals surface area contributed by atoms with Crippen LogP contribution in [0, 0.1) is 0 Å². The first-order valence-corrected chi connectivity index (χ1v) is 13.2. The summed E-state index contributed by atoms with van der Waals surface area (Å²) in [6, 6.07) is 10.2. The van der Waals surface area contributed by atoms with Crippen molar-refractivity contribution in [1.82, 2.24) is 15.2 Å². The van der Waals surface area contributed by atoms with E-state index in [1.807, 2.05) is 22.4 Å². The maximum absolute atomic E-state index is 12.5. The third-order valence-electron chi connectivity index (χ3n) is 5.74. The predicted octanol–water partition coefficient (Wildman–Crippen LogP) is 4.24. The number of carbonyl (C=O) groups is 3. The Morgan fingerprint density at radius 2 is 1.91 bits per heavy atom. The van der Waals surface area contributed by atoms with Crippen LogP contribution in [-0.2, 0) is 33.8 Å². The molecule has 1 aliphatic rings. The van der Waals surface area contributed by atoms with Crippen molar-refractivity contribution in [3.05, 3.63) is 57.1 Å². The van der Waals surface area contributed by atoms with Crippen LogP contribution >= 0.6 is 22.7 Å². The third-order valence-corrected chi connectivity index (χ3v) is 7.52. The maximum Gasteiger partial charge on any atom is 0.226 e. The van der Waals surface area contributed by atoms with Crippen molar-refractivity contribution < 1.29 is 14.4 Å². The van der Waals surface area contributed by atoms with Gasteiger partial charge in [0.2, 0.25) is 17.7 Å². The molecule has 0 atom stereocenters. The number of carbonyl (C=O) groups excluding carboxylic acids is 3. The van der Waals surface area contributed by atoms with Crippen LogP contribution in [0.25, 0.3) is 11.3 Å². The van der Waals surface area contributed by atoms with E-state index in [0.29, 0.717) is 18.2 Å². The summed E-state index contributed by atoms with van der Waals surface area (Å²) in [6.45, 7) is 3.56. The molecule has 0 fully saturated rings. The quantitative estimate of drug-likeness (QED) is 0.434. The van der Waals surface area contributed by atoms with Crippen molar-refractivity contribution in [1.29, 1.82) is 0 Å². The second-order valence-corrected chi connectivity index (χ2v) is 10.2. The molecule has 3 amide bonds. The highest BCUT2D eigenvalue weighted by Gasteiger charge is 2.22. The number of thiophene rings is 1. The SMILES string of the molecule is CC(=O)NCCCc1ccc(-c2csc(NC(=O)CCC(=O)N3CCc4sccc4C3)n2)cc1. The first kappa shape index (κ1) is 24.1. The summed E-state index contributed by atoms with van der Waals surface area (Å²) in [7, 11) is 0. The minimum atomic E-state index is -0.197. The van der Waals surface area contributed by atoms with Gasteiger partial charge in [-0.2, -0.15) is 0 Å².